The number of aliphatic imine (C=N–C) groups is 1. The maximum Gasteiger partial charge on any atom is 0.240 e. The van der Waals surface area contributed by atoms with Crippen LogP contribution in [0.15, 0.2) is 58.4 Å². The van der Waals surface area contributed by atoms with Gasteiger partial charge in [-0.1, -0.05) is 35.9 Å². The summed E-state index contributed by atoms with van der Waals surface area (Å²) < 4.78 is 33.0. The molecule has 0 aromatic heterocycles. The molecule has 0 aliphatic carbocycles. The highest BCUT2D eigenvalue weighted by Gasteiger charge is 2.22. The summed E-state index contributed by atoms with van der Waals surface area (Å²) in [5.74, 6) is 1.54. The summed E-state index contributed by atoms with van der Waals surface area (Å²) in [5, 5.41) is 6.32. The van der Waals surface area contributed by atoms with E-state index in [9.17, 15) is 8.42 Å². The molecule has 0 fully saturated rings. The van der Waals surface area contributed by atoms with Gasteiger partial charge in [0.15, 0.2) is 5.96 Å². The van der Waals surface area contributed by atoms with Crippen LogP contribution < -0.4 is 20.1 Å². The SMILES string of the molecule is CN=C(NCCNS(=O)(=O)c1ccc(C)cc1)NCC1Cc2ccccc2O1.I. The van der Waals surface area contributed by atoms with Crippen molar-refractivity contribution >= 4 is 40.0 Å². The van der Waals surface area contributed by atoms with E-state index in [-0.39, 0.29) is 41.5 Å². The number of sulfonamides is 1. The Kier molecular flexibility index (Phi) is 8.72. The van der Waals surface area contributed by atoms with Crippen LogP contribution in [0.4, 0.5) is 0 Å². The Morgan fingerprint density at radius 2 is 1.83 bits per heavy atom. The van der Waals surface area contributed by atoms with E-state index in [1.54, 1.807) is 31.3 Å². The van der Waals surface area contributed by atoms with Gasteiger partial charge in [0.25, 0.3) is 0 Å². The van der Waals surface area contributed by atoms with E-state index in [1.807, 2.05) is 25.1 Å². The monoisotopic (exact) mass is 530 g/mol. The van der Waals surface area contributed by atoms with Crippen LogP contribution in [0.3, 0.4) is 0 Å². The average Bonchev–Trinajstić information content (AvgIpc) is 3.10. The third kappa shape index (κ3) is 6.58. The lowest BCUT2D eigenvalue weighted by Crippen LogP contribution is -2.44. The van der Waals surface area contributed by atoms with E-state index < -0.39 is 10.0 Å². The zero-order chi connectivity index (χ0) is 20.0. The zero-order valence-electron chi connectivity index (χ0n) is 16.5. The van der Waals surface area contributed by atoms with Crippen LogP contribution in [0.25, 0.3) is 0 Å². The third-order valence-electron chi connectivity index (χ3n) is 4.48. The summed E-state index contributed by atoms with van der Waals surface area (Å²) in [5.41, 5.74) is 2.23. The Hall–Kier alpha value is -1.85. The Morgan fingerprint density at radius 3 is 2.52 bits per heavy atom. The molecule has 0 bridgehead atoms. The number of para-hydroxylation sites is 1. The predicted octanol–water partition coefficient (Wildman–Crippen LogP) is 2.06. The van der Waals surface area contributed by atoms with Crippen molar-refractivity contribution in [3.05, 3.63) is 59.7 Å². The largest absolute Gasteiger partial charge is 0.488 e. The Bertz CT molecular complexity index is 908. The molecule has 1 atom stereocenters. The molecular weight excluding hydrogens is 503 g/mol. The number of guanidine groups is 1. The van der Waals surface area contributed by atoms with Gasteiger partial charge in [-0.05, 0) is 30.7 Å². The van der Waals surface area contributed by atoms with Gasteiger partial charge >= 0.3 is 0 Å². The fourth-order valence-corrected chi connectivity index (χ4v) is 4.00. The Labute approximate surface area is 189 Å². The van der Waals surface area contributed by atoms with Gasteiger partial charge in [0.2, 0.25) is 10.0 Å². The summed E-state index contributed by atoms with van der Waals surface area (Å²) in [6.07, 6.45) is 0.909. The molecule has 0 spiro atoms. The second-order valence-corrected chi connectivity index (χ2v) is 8.41. The fourth-order valence-electron chi connectivity index (χ4n) is 2.97. The van der Waals surface area contributed by atoms with Crippen LogP contribution >= 0.6 is 24.0 Å². The van der Waals surface area contributed by atoms with Crippen molar-refractivity contribution in [3.63, 3.8) is 0 Å². The average molecular weight is 530 g/mol. The molecule has 0 saturated heterocycles. The lowest BCUT2D eigenvalue weighted by molar-refractivity contribution is 0.235. The Balaban J connectivity index is 0.00000300. The summed E-state index contributed by atoms with van der Waals surface area (Å²) >= 11 is 0. The zero-order valence-corrected chi connectivity index (χ0v) is 19.7. The second-order valence-electron chi connectivity index (χ2n) is 6.64. The fraction of sp³-hybridized carbons (Fsp3) is 0.350. The highest BCUT2D eigenvalue weighted by molar-refractivity contribution is 14.0. The van der Waals surface area contributed by atoms with Gasteiger partial charge in [-0.3, -0.25) is 4.99 Å². The quantitative estimate of drug-likeness (QED) is 0.221. The van der Waals surface area contributed by atoms with Crippen molar-refractivity contribution in [1.82, 2.24) is 15.4 Å². The van der Waals surface area contributed by atoms with Crippen molar-refractivity contribution in [2.45, 2.75) is 24.3 Å². The molecule has 0 saturated carbocycles. The lowest BCUT2D eigenvalue weighted by Gasteiger charge is -2.16. The maximum atomic E-state index is 12.3. The van der Waals surface area contributed by atoms with Crippen LogP contribution in [0, 0.1) is 6.92 Å². The molecule has 1 aliphatic heterocycles. The van der Waals surface area contributed by atoms with Gasteiger partial charge in [-0.2, -0.15) is 0 Å². The van der Waals surface area contributed by atoms with Gasteiger partial charge in [0, 0.05) is 26.6 Å². The molecule has 0 radical (unpaired) electrons. The first kappa shape index (κ1) is 23.4. The molecule has 2 aromatic carbocycles. The minimum atomic E-state index is -3.51. The molecule has 29 heavy (non-hydrogen) atoms. The van der Waals surface area contributed by atoms with Gasteiger partial charge in [0.1, 0.15) is 11.9 Å². The van der Waals surface area contributed by atoms with E-state index in [0.29, 0.717) is 19.0 Å². The number of rotatable bonds is 7. The van der Waals surface area contributed by atoms with E-state index in [0.717, 1.165) is 17.7 Å². The van der Waals surface area contributed by atoms with E-state index >= 15 is 0 Å². The van der Waals surface area contributed by atoms with Crippen molar-refractivity contribution in [3.8, 4) is 5.75 Å². The topological polar surface area (TPSA) is 91.8 Å². The molecular formula is C20H27IN4O3S. The molecule has 9 heteroatoms. The number of fused-ring (bicyclic) bond motifs is 1. The van der Waals surface area contributed by atoms with Gasteiger partial charge in [-0.25, -0.2) is 13.1 Å². The number of nitrogens with one attached hydrogen (secondary N) is 3. The van der Waals surface area contributed by atoms with Crippen LogP contribution in [-0.4, -0.2) is 47.2 Å². The Morgan fingerprint density at radius 1 is 1.10 bits per heavy atom. The molecule has 2 aromatic rings. The number of hydrogen-bond donors (Lipinski definition) is 3. The van der Waals surface area contributed by atoms with Gasteiger partial charge in [-0.15, -0.1) is 24.0 Å². The first-order valence-electron chi connectivity index (χ1n) is 9.23. The number of hydrogen-bond acceptors (Lipinski definition) is 4. The number of benzene rings is 2. The standard InChI is InChI=1S/C20H26N4O3S.HI/c1-15-7-9-18(10-8-15)28(25,26)24-12-11-22-20(21-2)23-14-17-13-16-5-3-4-6-19(16)27-17;/h3-10,17,24H,11-14H2,1-2H3,(H2,21,22,23);1H. The maximum absolute atomic E-state index is 12.3. The highest BCUT2D eigenvalue weighted by Crippen LogP contribution is 2.27. The summed E-state index contributed by atoms with van der Waals surface area (Å²) in [4.78, 5) is 4.42. The highest BCUT2D eigenvalue weighted by atomic mass is 127. The second kappa shape index (κ2) is 10.8. The van der Waals surface area contributed by atoms with Crippen molar-refractivity contribution in [1.29, 1.82) is 0 Å². The van der Waals surface area contributed by atoms with Gasteiger partial charge < -0.3 is 15.4 Å². The molecule has 3 N–H and O–H groups in total. The molecule has 1 unspecified atom stereocenters. The molecule has 0 amide bonds. The first-order chi connectivity index (χ1) is 13.5. The minimum absolute atomic E-state index is 0. The summed E-state index contributed by atoms with van der Waals surface area (Å²) in [6, 6.07) is 14.8. The van der Waals surface area contributed by atoms with Crippen molar-refractivity contribution in [2.75, 3.05) is 26.7 Å². The number of nitrogens with zero attached hydrogens (tertiary/aromatic N) is 1. The number of ether oxygens (including phenoxy) is 1. The van der Waals surface area contributed by atoms with Crippen LogP contribution in [-0.2, 0) is 16.4 Å². The van der Waals surface area contributed by atoms with E-state index in [4.69, 9.17) is 4.74 Å². The molecule has 1 aliphatic rings. The predicted molar refractivity (Wildman–Crippen MR) is 126 cm³/mol. The lowest BCUT2D eigenvalue weighted by atomic mass is 10.1. The smallest absolute Gasteiger partial charge is 0.240 e. The molecule has 3 rings (SSSR count). The van der Waals surface area contributed by atoms with Crippen molar-refractivity contribution < 1.29 is 13.2 Å². The van der Waals surface area contributed by atoms with E-state index in [2.05, 4.69) is 26.4 Å². The van der Waals surface area contributed by atoms with Crippen LogP contribution in [0.5, 0.6) is 5.75 Å². The van der Waals surface area contributed by atoms with Crippen LogP contribution in [0.1, 0.15) is 11.1 Å². The summed E-state index contributed by atoms with van der Waals surface area (Å²) in [6.45, 7) is 3.20. The van der Waals surface area contributed by atoms with E-state index in [1.165, 1.54) is 5.56 Å². The summed E-state index contributed by atoms with van der Waals surface area (Å²) in [7, 11) is -1.83. The molecule has 7 nitrogen and oxygen atoms in total. The van der Waals surface area contributed by atoms with Crippen LogP contribution in [0.2, 0.25) is 0 Å². The third-order valence-corrected chi connectivity index (χ3v) is 5.95. The first-order valence-corrected chi connectivity index (χ1v) is 10.7. The van der Waals surface area contributed by atoms with Gasteiger partial charge in [0.05, 0.1) is 11.4 Å². The normalized spacial score (nSPS) is 15.8. The molecule has 158 valence electrons. The minimum Gasteiger partial charge on any atom is -0.488 e. The van der Waals surface area contributed by atoms with Crippen molar-refractivity contribution in [2.24, 2.45) is 4.99 Å². The number of halogens is 1. The number of aryl methyl sites for hydroxylation is 1. The molecule has 1 heterocycles.